The zero-order valence-corrected chi connectivity index (χ0v) is 13.9. The average molecular weight is 324 g/mol. The summed E-state index contributed by atoms with van der Waals surface area (Å²) >= 11 is 0. The predicted octanol–water partition coefficient (Wildman–Crippen LogP) is 3.02. The normalized spacial score (nSPS) is 13.6. The number of benzene rings is 2. The number of carbonyl (C=O) groups excluding carboxylic acids is 1. The number of amides is 1. The second kappa shape index (κ2) is 7.17. The van der Waals surface area contributed by atoms with Gasteiger partial charge in [-0.25, -0.2) is 5.01 Å². The minimum absolute atomic E-state index is 0.0645. The average Bonchev–Trinajstić information content (AvgIpc) is 3.11. The van der Waals surface area contributed by atoms with Crippen LogP contribution >= 0.6 is 0 Å². The summed E-state index contributed by atoms with van der Waals surface area (Å²) < 4.78 is 10.9. The zero-order valence-electron chi connectivity index (χ0n) is 13.9. The molecule has 1 aliphatic rings. The molecule has 0 saturated heterocycles. The minimum atomic E-state index is -0.163. The summed E-state index contributed by atoms with van der Waals surface area (Å²) in [6, 6.07) is 15.5. The lowest BCUT2D eigenvalue weighted by atomic mass is 10.1. The lowest BCUT2D eigenvalue weighted by Gasteiger charge is -2.14. The van der Waals surface area contributed by atoms with Crippen molar-refractivity contribution < 1.29 is 14.3 Å². The molecule has 3 rings (SSSR count). The molecule has 0 fully saturated rings. The smallest absolute Gasteiger partial charge is 0.280 e. The highest BCUT2D eigenvalue weighted by molar-refractivity contribution is 6.02. The fraction of sp³-hybridized carbons (Fsp3) is 0.263. The van der Waals surface area contributed by atoms with Crippen LogP contribution in [0.5, 0.6) is 11.5 Å². The maximum Gasteiger partial charge on any atom is 0.280 e. The molecular formula is C19H20N2O3. The first kappa shape index (κ1) is 16.1. The van der Waals surface area contributed by atoms with Crippen molar-refractivity contribution in [2.24, 2.45) is 5.10 Å². The molecule has 5 nitrogen and oxygen atoms in total. The molecule has 0 N–H and O–H groups in total. The fourth-order valence-corrected chi connectivity index (χ4v) is 2.58. The molecule has 124 valence electrons. The Morgan fingerprint density at radius 3 is 2.71 bits per heavy atom. The molecular weight excluding hydrogens is 304 g/mol. The van der Waals surface area contributed by atoms with Gasteiger partial charge in [0.1, 0.15) is 0 Å². The molecule has 1 heterocycles. The number of hydrogen-bond acceptors (Lipinski definition) is 4. The van der Waals surface area contributed by atoms with E-state index in [2.05, 4.69) is 5.10 Å². The first-order chi connectivity index (χ1) is 11.7. The zero-order chi connectivity index (χ0) is 16.9. The van der Waals surface area contributed by atoms with Crippen LogP contribution in [-0.2, 0) is 4.79 Å². The van der Waals surface area contributed by atoms with E-state index in [-0.39, 0.29) is 12.5 Å². The van der Waals surface area contributed by atoms with Gasteiger partial charge in [0.15, 0.2) is 18.1 Å². The predicted molar refractivity (Wildman–Crippen MR) is 92.5 cm³/mol. The van der Waals surface area contributed by atoms with Crippen molar-refractivity contribution >= 4 is 11.6 Å². The third-order valence-corrected chi connectivity index (χ3v) is 3.87. The molecule has 2 aromatic rings. The summed E-state index contributed by atoms with van der Waals surface area (Å²) in [4.78, 5) is 12.3. The summed E-state index contributed by atoms with van der Waals surface area (Å²) in [7, 11) is 1.58. The number of hydrogen-bond donors (Lipinski definition) is 0. The van der Waals surface area contributed by atoms with E-state index in [1.165, 1.54) is 5.01 Å². The van der Waals surface area contributed by atoms with Crippen LogP contribution < -0.4 is 9.47 Å². The summed E-state index contributed by atoms with van der Waals surface area (Å²) in [5.74, 6) is 1.02. The standard InChI is InChI=1S/C19H20N2O3/c1-14-8-9-17(18(12-14)23-2)24-13-19(22)21-11-10-16(20-21)15-6-4-3-5-7-15/h3-9,12H,10-11,13H2,1-2H3. The molecule has 0 bridgehead atoms. The molecule has 5 heteroatoms. The summed E-state index contributed by atoms with van der Waals surface area (Å²) in [6.45, 7) is 2.49. The number of ether oxygens (including phenoxy) is 2. The summed E-state index contributed by atoms with van der Waals surface area (Å²) in [5.41, 5.74) is 3.05. The number of rotatable bonds is 5. The van der Waals surface area contributed by atoms with Crippen LogP contribution in [0.2, 0.25) is 0 Å². The quantitative estimate of drug-likeness (QED) is 0.849. The van der Waals surface area contributed by atoms with E-state index >= 15 is 0 Å². The van der Waals surface area contributed by atoms with Crippen LogP contribution in [0.3, 0.4) is 0 Å². The van der Waals surface area contributed by atoms with Crippen molar-refractivity contribution in [1.82, 2.24) is 5.01 Å². The molecule has 0 atom stereocenters. The first-order valence-corrected chi connectivity index (χ1v) is 7.88. The third kappa shape index (κ3) is 3.56. The van der Waals surface area contributed by atoms with E-state index in [0.29, 0.717) is 18.0 Å². The molecule has 0 aromatic heterocycles. The molecule has 1 amide bonds. The van der Waals surface area contributed by atoms with E-state index in [9.17, 15) is 4.79 Å². The molecule has 2 aromatic carbocycles. The van der Waals surface area contributed by atoms with Gasteiger partial charge in [-0.3, -0.25) is 4.79 Å². The number of hydrazone groups is 1. The summed E-state index contributed by atoms with van der Waals surface area (Å²) in [6.07, 6.45) is 0.754. The number of aryl methyl sites for hydroxylation is 1. The molecule has 24 heavy (non-hydrogen) atoms. The Labute approximate surface area is 141 Å². The van der Waals surface area contributed by atoms with Gasteiger partial charge in [-0.1, -0.05) is 36.4 Å². The van der Waals surface area contributed by atoms with Crippen molar-refractivity contribution in [2.45, 2.75) is 13.3 Å². The maximum atomic E-state index is 12.3. The number of carbonyl (C=O) groups is 1. The summed E-state index contributed by atoms with van der Waals surface area (Å²) in [5, 5.41) is 5.89. The number of nitrogens with zero attached hydrogens (tertiary/aromatic N) is 2. The third-order valence-electron chi connectivity index (χ3n) is 3.87. The van der Waals surface area contributed by atoms with Gasteiger partial charge in [0.05, 0.1) is 19.4 Å². The van der Waals surface area contributed by atoms with Crippen LogP contribution in [0.25, 0.3) is 0 Å². The van der Waals surface area contributed by atoms with Gasteiger partial charge in [-0.2, -0.15) is 5.10 Å². The maximum absolute atomic E-state index is 12.3. The molecule has 0 unspecified atom stereocenters. The largest absolute Gasteiger partial charge is 0.493 e. The van der Waals surface area contributed by atoms with Gasteiger partial charge in [-0.15, -0.1) is 0 Å². The van der Waals surface area contributed by atoms with Crippen LogP contribution in [0.1, 0.15) is 17.5 Å². The van der Waals surface area contributed by atoms with E-state index in [1.807, 2.05) is 55.5 Å². The monoisotopic (exact) mass is 324 g/mol. The Kier molecular flexibility index (Phi) is 4.79. The highest BCUT2D eigenvalue weighted by Gasteiger charge is 2.22. The second-order valence-electron chi connectivity index (χ2n) is 5.62. The van der Waals surface area contributed by atoms with Gasteiger partial charge in [0, 0.05) is 6.42 Å². The van der Waals surface area contributed by atoms with E-state index < -0.39 is 0 Å². The fourth-order valence-electron chi connectivity index (χ4n) is 2.58. The van der Waals surface area contributed by atoms with E-state index in [1.54, 1.807) is 7.11 Å². The second-order valence-corrected chi connectivity index (χ2v) is 5.62. The molecule has 0 spiro atoms. The highest BCUT2D eigenvalue weighted by atomic mass is 16.5. The van der Waals surface area contributed by atoms with Gasteiger partial charge in [0.2, 0.25) is 0 Å². The van der Waals surface area contributed by atoms with Crippen LogP contribution in [0.4, 0.5) is 0 Å². The Hall–Kier alpha value is -2.82. The van der Waals surface area contributed by atoms with Crippen molar-refractivity contribution in [3.63, 3.8) is 0 Å². The number of methoxy groups -OCH3 is 1. The minimum Gasteiger partial charge on any atom is -0.493 e. The van der Waals surface area contributed by atoms with Crippen molar-refractivity contribution in [2.75, 3.05) is 20.3 Å². The van der Waals surface area contributed by atoms with E-state index in [4.69, 9.17) is 9.47 Å². The van der Waals surface area contributed by atoms with Crippen molar-refractivity contribution in [3.8, 4) is 11.5 Å². The van der Waals surface area contributed by atoms with Crippen LogP contribution in [-0.4, -0.2) is 36.9 Å². The Balaban J connectivity index is 1.63. The molecule has 1 aliphatic heterocycles. The Bertz CT molecular complexity index is 756. The molecule has 0 radical (unpaired) electrons. The van der Waals surface area contributed by atoms with Crippen molar-refractivity contribution in [1.29, 1.82) is 0 Å². The van der Waals surface area contributed by atoms with Crippen LogP contribution in [0, 0.1) is 6.92 Å². The molecule has 0 saturated carbocycles. The Morgan fingerprint density at radius 2 is 1.96 bits per heavy atom. The Morgan fingerprint density at radius 1 is 1.17 bits per heavy atom. The first-order valence-electron chi connectivity index (χ1n) is 7.88. The van der Waals surface area contributed by atoms with Gasteiger partial charge in [0.25, 0.3) is 5.91 Å². The van der Waals surface area contributed by atoms with Gasteiger partial charge in [-0.05, 0) is 30.2 Å². The van der Waals surface area contributed by atoms with Crippen molar-refractivity contribution in [3.05, 3.63) is 59.7 Å². The van der Waals surface area contributed by atoms with Gasteiger partial charge < -0.3 is 9.47 Å². The lowest BCUT2D eigenvalue weighted by Crippen LogP contribution is -2.28. The van der Waals surface area contributed by atoms with E-state index in [0.717, 1.165) is 23.3 Å². The lowest BCUT2D eigenvalue weighted by molar-refractivity contribution is -0.132. The highest BCUT2D eigenvalue weighted by Crippen LogP contribution is 2.27. The molecule has 0 aliphatic carbocycles. The van der Waals surface area contributed by atoms with Gasteiger partial charge >= 0.3 is 0 Å². The van der Waals surface area contributed by atoms with Crippen LogP contribution in [0.15, 0.2) is 53.6 Å². The SMILES string of the molecule is COc1cc(C)ccc1OCC(=O)N1CCC(c2ccccc2)=N1. The topological polar surface area (TPSA) is 51.1 Å².